The van der Waals surface area contributed by atoms with E-state index in [1.807, 2.05) is 0 Å². The van der Waals surface area contributed by atoms with Gasteiger partial charge < -0.3 is 29.2 Å². The summed E-state index contributed by atoms with van der Waals surface area (Å²) in [6.45, 7) is 10.9. The van der Waals surface area contributed by atoms with E-state index in [9.17, 15) is 28.2 Å². The van der Waals surface area contributed by atoms with Crippen molar-refractivity contribution in [3.05, 3.63) is 44.8 Å². The summed E-state index contributed by atoms with van der Waals surface area (Å²) in [5.74, 6) is 0. The average Bonchev–Trinajstić information content (AvgIpc) is 3.17. The van der Waals surface area contributed by atoms with Gasteiger partial charge in [-0.15, -0.1) is 0 Å². The molecule has 4 atom stereocenters. The Morgan fingerprint density at radius 1 is 1.00 bits per heavy atom. The van der Waals surface area contributed by atoms with Gasteiger partial charge >= 0.3 is 29.2 Å². The van der Waals surface area contributed by atoms with Crippen molar-refractivity contribution < 1.29 is 51.2 Å². The van der Waals surface area contributed by atoms with Crippen molar-refractivity contribution in [1.82, 2.24) is 14.5 Å². The second kappa shape index (κ2) is 13.3. The summed E-state index contributed by atoms with van der Waals surface area (Å²) in [5.41, 5.74) is -1.11. The number of ether oxygens (including phenoxy) is 1. The molecule has 19 heteroatoms. The Labute approximate surface area is 200 Å². The molecular formula is C16H30N3O13P3. The van der Waals surface area contributed by atoms with E-state index in [-0.39, 0.29) is 5.56 Å². The minimum Gasteiger partial charge on any atom is -0.344 e. The van der Waals surface area contributed by atoms with E-state index in [1.54, 1.807) is 0 Å². The smallest absolute Gasteiger partial charge is 0.344 e. The monoisotopic (exact) mass is 565 g/mol. The molecule has 0 amide bonds. The molecule has 16 nitrogen and oxygen atoms in total. The highest BCUT2D eigenvalue weighted by Gasteiger charge is 2.41. The van der Waals surface area contributed by atoms with Crippen LogP contribution in [0.15, 0.2) is 27.9 Å². The number of aromatic nitrogens is 2. The van der Waals surface area contributed by atoms with Crippen LogP contribution in [0.25, 0.3) is 0 Å². The van der Waals surface area contributed by atoms with Gasteiger partial charge in [0.25, 0.3) is 5.56 Å². The first-order valence-corrected chi connectivity index (χ1v) is 14.7. The zero-order valence-electron chi connectivity index (χ0n) is 19.4. The molecule has 0 bridgehead atoms. The number of hydrogen-bond donors (Lipinski definition) is 5. The summed E-state index contributed by atoms with van der Waals surface area (Å²) < 4.78 is 51.3. The van der Waals surface area contributed by atoms with Gasteiger partial charge in [0.2, 0.25) is 0 Å². The number of rotatable bonds is 11. The van der Waals surface area contributed by atoms with Crippen molar-refractivity contribution in [2.24, 2.45) is 0 Å². The molecule has 2 rings (SSSR count). The third-order valence-electron chi connectivity index (χ3n) is 4.38. The second-order valence-electron chi connectivity index (χ2n) is 6.93. The Bertz CT molecular complexity index is 1120. The standard InChI is InChI=1S/C10H15N2O13P3.C6H15N/c1-6-4-12(10(14)11-9(6)13)8-3-2-7(23-8)5-22-27(18,19)25-28(20,21)24-26(15,16)17;1-4-7(5-2)6-3/h2-4,7-8H,5H2,1H3,(H,18,19)(H,20,21)(H,11,13,14)(H2,15,16,17);4-6H2,1-3H3/t7-,8-;/m1./s1. The Balaban J connectivity index is 0.000000762. The van der Waals surface area contributed by atoms with Crippen molar-refractivity contribution in [2.75, 3.05) is 26.2 Å². The number of phosphoric ester groups is 1. The molecule has 1 aromatic rings. The minimum absolute atomic E-state index is 0.230. The fourth-order valence-electron chi connectivity index (χ4n) is 2.66. The van der Waals surface area contributed by atoms with Gasteiger partial charge in [-0.1, -0.05) is 26.8 Å². The van der Waals surface area contributed by atoms with Gasteiger partial charge in [0.1, 0.15) is 6.10 Å². The highest BCUT2D eigenvalue weighted by Crippen LogP contribution is 2.66. The molecule has 2 heterocycles. The van der Waals surface area contributed by atoms with Crippen molar-refractivity contribution in [3.8, 4) is 0 Å². The lowest BCUT2D eigenvalue weighted by Crippen LogP contribution is -2.33. The second-order valence-corrected chi connectivity index (χ2v) is 11.4. The maximum atomic E-state index is 11.8. The summed E-state index contributed by atoms with van der Waals surface area (Å²) in [6, 6.07) is 0. The Hall–Kier alpha value is -1.25. The summed E-state index contributed by atoms with van der Waals surface area (Å²) in [6.07, 6.45) is 1.97. The zero-order valence-corrected chi connectivity index (χ0v) is 22.1. The predicted octanol–water partition coefficient (Wildman–Crippen LogP) is 0.990. The predicted molar refractivity (Wildman–Crippen MR) is 122 cm³/mol. The Kier molecular flexibility index (Phi) is 12.1. The molecule has 1 aromatic heterocycles. The van der Waals surface area contributed by atoms with Gasteiger partial charge in [-0.3, -0.25) is 18.9 Å². The van der Waals surface area contributed by atoms with Crippen molar-refractivity contribution >= 4 is 23.5 Å². The lowest BCUT2D eigenvalue weighted by molar-refractivity contribution is -0.0105. The first-order valence-electron chi connectivity index (χ1n) is 10.2. The third kappa shape index (κ3) is 11.6. The maximum Gasteiger partial charge on any atom is 0.490 e. The molecule has 35 heavy (non-hydrogen) atoms. The molecule has 0 saturated heterocycles. The van der Waals surface area contributed by atoms with Gasteiger partial charge in [-0.25, -0.2) is 18.5 Å². The quantitative estimate of drug-likeness (QED) is 0.186. The largest absolute Gasteiger partial charge is 0.490 e. The van der Waals surface area contributed by atoms with Crippen LogP contribution in [-0.2, 0) is 31.6 Å². The number of H-pyrrole nitrogens is 1. The number of aromatic amines is 1. The van der Waals surface area contributed by atoms with Crippen LogP contribution < -0.4 is 11.2 Å². The molecule has 1 aliphatic rings. The van der Waals surface area contributed by atoms with Gasteiger partial charge in [-0.05, 0) is 32.6 Å². The minimum atomic E-state index is -5.61. The molecule has 0 spiro atoms. The number of hydrogen-bond acceptors (Lipinski definition) is 10. The van der Waals surface area contributed by atoms with Crippen LogP contribution in [0.5, 0.6) is 0 Å². The van der Waals surface area contributed by atoms with Crippen LogP contribution in [-0.4, -0.2) is 66.4 Å². The first-order chi connectivity index (χ1) is 16.0. The highest BCUT2D eigenvalue weighted by atomic mass is 31.3. The Morgan fingerprint density at radius 2 is 1.57 bits per heavy atom. The van der Waals surface area contributed by atoms with E-state index in [1.165, 1.54) is 44.9 Å². The molecule has 0 fully saturated rings. The van der Waals surface area contributed by atoms with Crippen LogP contribution in [0.4, 0.5) is 0 Å². The lowest BCUT2D eigenvalue weighted by atomic mass is 10.3. The molecule has 202 valence electrons. The van der Waals surface area contributed by atoms with E-state index in [4.69, 9.17) is 19.4 Å². The normalized spacial score (nSPS) is 21.3. The van der Waals surface area contributed by atoms with E-state index in [2.05, 4.69) is 43.8 Å². The van der Waals surface area contributed by atoms with Gasteiger partial charge in [0.05, 0.1) is 6.61 Å². The molecule has 0 aliphatic carbocycles. The molecule has 1 aliphatic heterocycles. The number of aryl methyl sites for hydroxylation is 1. The molecule has 5 N–H and O–H groups in total. The van der Waals surface area contributed by atoms with Crippen LogP contribution in [0.3, 0.4) is 0 Å². The number of phosphoric acid groups is 3. The van der Waals surface area contributed by atoms with Crippen LogP contribution in [0.2, 0.25) is 0 Å². The topological polar surface area (TPSA) is 227 Å². The van der Waals surface area contributed by atoms with Crippen LogP contribution in [0, 0.1) is 6.92 Å². The Morgan fingerprint density at radius 3 is 2.06 bits per heavy atom. The fraction of sp³-hybridized carbons (Fsp3) is 0.625. The van der Waals surface area contributed by atoms with E-state index in [0.717, 1.165) is 4.57 Å². The molecule has 0 radical (unpaired) electrons. The van der Waals surface area contributed by atoms with Crippen LogP contribution in [0.1, 0.15) is 32.6 Å². The summed E-state index contributed by atoms with van der Waals surface area (Å²) in [5, 5.41) is 0. The van der Waals surface area contributed by atoms with E-state index < -0.39 is 53.7 Å². The molecule has 0 saturated carbocycles. The zero-order chi connectivity index (χ0) is 27.0. The highest BCUT2D eigenvalue weighted by molar-refractivity contribution is 7.66. The van der Waals surface area contributed by atoms with Gasteiger partial charge in [-0.2, -0.15) is 8.62 Å². The third-order valence-corrected chi connectivity index (χ3v) is 8.19. The molecule has 0 aromatic carbocycles. The van der Waals surface area contributed by atoms with Crippen LogP contribution >= 0.6 is 23.5 Å². The maximum absolute atomic E-state index is 11.8. The molecular weight excluding hydrogens is 535 g/mol. The first kappa shape index (κ1) is 31.8. The van der Waals surface area contributed by atoms with Crippen molar-refractivity contribution in [1.29, 1.82) is 0 Å². The van der Waals surface area contributed by atoms with E-state index in [0.29, 0.717) is 0 Å². The lowest BCUT2D eigenvalue weighted by Gasteiger charge is -2.19. The van der Waals surface area contributed by atoms with Gasteiger partial charge in [0, 0.05) is 11.8 Å². The fourth-order valence-corrected chi connectivity index (χ4v) is 5.69. The van der Waals surface area contributed by atoms with Crippen molar-refractivity contribution in [3.63, 3.8) is 0 Å². The summed E-state index contributed by atoms with van der Waals surface area (Å²) in [7, 11) is -16.4. The van der Waals surface area contributed by atoms with Gasteiger partial charge in [0.15, 0.2) is 6.23 Å². The van der Waals surface area contributed by atoms with Crippen molar-refractivity contribution in [2.45, 2.75) is 40.0 Å². The summed E-state index contributed by atoms with van der Waals surface area (Å²) >= 11 is 0. The molecule has 2 unspecified atom stereocenters. The number of nitrogens with one attached hydrogen (secondary N) is 1. The SMILES string of the molecule is CCN(CC)CC.Cc1cn([C@H]2C=C[C@H](COP(=O)(O)OP(=O)(O)OP(=O)(O)O)O2)c(=O)[nH]c1=O. The number of nitrogens with zero attached hydrogens (tertiary/aromatic N) is 2. The summed E-state index contributed by atoms with van der Waals surface area (Å²) in [4.78, 5) is 62.9. The average molecular weight is 565 g/mol. The van der Waals surface area contributed by atoms with E-state index >= 15 is 0 Å².